The zero-order valence-corrected chi connectivity index (χ0v) is 20.8. The zero-order valence-electron chi connectivity index (χ0n) is 20.8. The van der Waals surface area contributed by atoms with E-state index >= 15 is 0 Å². The van der Waals surface area contributed by atoms with Gasteiger partial charge in [-0.05, 0) is 73.9 Å². The van der Waals surface area contributed by atoms with Gasteiger partial charge < -0.3 is 4.98 Å². The Labute approximate surface area is 196 Å². The number of tetrazole rings is 1. The molecular weight excluding hydrogens is 412 g/mol. The van der Waals surface area contributed by atoms with E-state index in [1.165, 1.54) is 12.8 Å². The van der Waals surface area contributed by atoms with Crippen molar-refractivity contribution >= 4 is 10.9 Å². The van der Waals surface area contributed by atoms with E-state index in [4.69, 9.17) is 0 Å². The summed E-state index contributed by atoms with van der Waals surface area (Å²) in [5.74, 6) is 0.920. The molecule has 33 heavy (non-hydrogen) atoms. The number of rotatable bonds is 9. The van der Waals surface area contributed by atoms with Crippen LogP contribution < -0.4 is 5.56 Å². The van der Waals surface area contributed by atoms with Gasteiger partial charge >= 0.3 is 0 Å². The van der Waals surface area contributed by atoms with Crippen molar-refractivity contribution in [1.82, 2.24) is 30.1 Å². The lowest BCUT2D eigenvalue weighted by Gasteiger charge is -2.37. The predicted molar refractivity (Wildman–Crippen MR) is 132 cm³/mol. The van der Waals surface area contributed by atoms with Crippen molar-refractivity contribution in [2.24, 2.45) is 0 Å². The standard InChI is InChI=1S/C26H38N6O/c1-6-11-22(24-28-29-30-32(24)26(4,5)7-2)31(21-14-8-9-15-21)17-20-16-19-13-10-12-18(3)23(19)27-25(20)33/h10,12-13,16,21-22H,6-9,11,14-15,17H2,1-5H3,(H,27,33)/t22-/m0/s1. The number of aromatic nitrogens is 5. The second kappa shape index (κ2) is 9.75. The Bertz CT molecular complexity index is 1140. The molecule has 0 spiro atoms. The van der Waals surface area contributed by atoms with Crippen LogP contribution in [0.3, 0.4) is 0 Å². The summed E-state index contributed by atoms with van der Waals surface area (Å²) in [7, 11) is 0. The molecule has 2 aromatic heterocycles. The molecule has 0 amide bonds. The second-order valence-electron chi connectivity index (χ2n) is 10.2. The maximum absolute atomic E-state index is 13.1. The molecule has 1 fully saturated rings. The van der Waals surface area contributed by atoms with Crippen LogP contribution in [0.15, 0.2) is 29.1 Å². The van der Waals surface area contributed by atoms with Crippen LogP contribution in [0.1, 0.15) is 95.6 Å². The molecule has 0 saturated heterocycles. The number of pyridine rings is 1. The fraction of sp³-hybridized carbons (Fsp3) is 0.615. The Morgan fingerprint density at radius 3 is 2.70 bits per heavy atom. The lowest BCUT2D eigenvalue weighted by molar-refractivity contribution is 0.102. The summed E-state index contributed by atoms with van der Waals surface area (Å²) in [5, 5.41) is 14.1. The van der Waals surface area contributed by atoms with Gasteiger partial charge in [0.2, 0.25) is 0 Å². The Kier molecular flexibility index (Phi) is 6.98. The first-order valence-corrected chi connectivity index (χ1v) is 12.5. The van der Waals surface area contributed by atoms with E-state index in [-0.39, 0.29) is 17.1 Å². The van der Waals surface area contributed by atoms with Crippen LogP contribution in [0.5, 0.6) is 0 Å². The fourth-order valence-electron chi connectivity index (χ4n) is 5.17. The van der Waals surface area contributed by atoms with Gasteiger partial charge in [0.05, 0.1) is 17.1 Å². The van der Waals surface area contributed by atoms with Gasteiger partial charge in [-0.1, -0.05) is 51.3 Å². The number of para-hydroxylation sites is 1. The highest BCUT2D eigenvalue weighted by atomic mass is 16.1. The molecular formula is C26H38N6O. The highest BCUT2D eigenvalue weighted by molar-refractivity contribution is 5.81. The Morgan fingerprint density at radius 1 is 1.24 bits per heavy atom. The third kappa shape index (κ3) is 4.74. The Balaban J connectivity index is 1.77. The zero-order chi connectivity index (χ0) is 23.6. The molecule has 1 aromatic carbocycles. The van der Waals surface area contributed by atoms with Gasteiger partial charge in [-0.2, -0.15) is 0 Å². The average Bonchev–Trinajstić information content (AvgIpc) is 3.50. The number of hydrogen-bond acceptors (Lipinski definition) is 5. The predicted octanol–water partition coefficient (Wildman–Crippen LogP) is 5.25. The van der Waals surface area contributed by atoms with Crippen LogP contribution >= 0.6 is 0 Å². The summed E-state index contributed by atoms with van der Waals surface area (Å²) < 4.78 is 2.02. The Hall–Kier alpha value is -2.54. The van der Waals surface area contributed by atoms with Crippen LogP contribution in [0.2, 0.25) is 0 Å². The minimum absolute atomic E-state index is 0.00326. The lowest BCUT2D eigenvalue weighted by atomic mass is 9.99. The topological polar surface area (TPSA) is 79.7 Å². The number of nitrogens with zero attached hydrogens (tertiary/aromatic N) is 5. The first kappa shape index (κ1) is 23.6. The molecule has 0 radical (unpaired) electrons. The second-order valence-corrected chi connectivity index (χ2v) is 10.2. The van der Waals surface area contributed by atoms with Crippen molar-refractivity contribution in [2.75, 3.05) is 0 Å². The first-order chi connectivity index (χ1) is 15.9. The van der Waals surface area contributed by atoms with Crippen LogP contribution in [0, 0.1) is 6.92 Å². The number of fused-ring (bicyclic) bond motifs is 1. The summed E-state index contributed by atoms with van der Waals surface area (Å²) in [6.07, 6.45) is 7.71. The summed E-state index contributed by atoms with van der Waals surface area (Å²) in [6.45, 7) is 11.4. The molecule has 0 unspecified atom stereocenters. The quantitative estimate of drug-likeness (QED) is 0.481. The molecule has 7 heteroatoms. The SMILES string of the molecule is CCC[C@@H](c1nnnn1C(C)(C)CC)N(Cc1cc2cccc(C)c2[nH]c1=O)C1CCCC1. The fourth-order valence-corrected chi connectivity index (χ4v) is 5.17. The van der Waals surface area contributed by atoms with Gasteiger partial charge in [-0.15, -0.1) is 5.10 Å². The molecule has 2 heterocycles. The summed E-state index contributed by atoms with van der Waals surface area (Å²) in [5.41, 5.74) is 2.67. The number of nitrogens with one attached hydrogen (secondary N) is 1. The molecule has 4 rings (SSSR count). The molecule has 7 nitrogen and oxygen atoms in total. The Morgan fingerprint density at radius 2 is 2.00 bits per heavy atom. The molecule has 3 aromatic rings. The highest BCUT2D eigenvalue weighted by Gasteiger charge is 2.35. The number of aryl methyl sites for hydroxylation is 1. The van der Waals surface area contributed by atoms with E-state index in [2.05, 4.69) is 71.3 Å². The van der Waals surface area contributed by atoms with E-state index in [9.17, 15) is 4.79 Å². The number of H-pyrrole nitrogens is 1. The maximum Gasteiger partial charge on any atom is 0.252 e. The van der Waals surface area contributed by atoms with Gasteiger partial charge in [0.15, 0.2) is 5.82 Å². The summed E-state index contributed by atoms with van der Waals surface area (Å²) >= 11 is 0. The van der Waals surface area contributed by atoms with Crippen molar-refractivity contribution in [3.05, 3.63) is 51.6 Å². The third-order valence-electron chi connectivity index (χ3n) is 7.50. The molecule has 1 aliphatic carbocycles. The minimum atomic E-state index is -0.163. The maximum atomic E-state index is 13.1. The van der Waals surface area contributed by atoms with Crippen molar-refractivity contribution < 1.29 is 0 Å². The molecule has 1 atom stereocenters. The van der Waals surface area contributed by atoms with Gasteiger partial charge in [-0.25, -0.2) is 4.68 Å². The first-order valence-electron chi connectivity index (χ1n) is 12.5. The van der Waals surface area contributed by atoms with E-state index in [1.807, 2.05) is 17.7 Å². The van der Waals surface area contributed by atoms with Gasteiger partial charge in [0, 0.05) is 18.2 Å². The van der Waals surface area contributed by atoms with Gasteiger partial charge in [0.1, 0.15) is 0 Å². The largest absolute Gasteiger partial charge is 0.321 e. The lowest BCUT2D eigenvalue weighted by Crippen LogP contribution is -2.41. The monoisotopic (exact) mass is 450 g/mol. The van der Waals surface area contributed by atoms with E-state index in [0.717, 1.165) is 60.0 Å². The van der Waals surface area contributed by atoms with Gasteiger partial charge in [0.25, 0.3) is 5.56 Å². The molecule has 178 valence electrons. The van der Waals surface area contributed by atoms with Crippen LogP contribution in [-0.2, 0) is 12.1 Å². The van der Waals surface area contributed by atoms with E-state index < -0.39 is 0 Å². The van der Waals surface area contributed by atoms with Crippen LogP contribution in [0.25, 0.3) is 10.9 Å². The molecule has 1 N–H and O–H groups in total. The number of benzene rings is 1. The molecule has 1 saturated carbocycles. The van der Waals surface area contributed by atoms with E-state index in [0.29, 0.717) is 12.6 Å². The summed E-state index contributed by atoms with van der Waals surface area (Å²) in [4.78, 5) is 18.8. The number of hydrogen-bond donors (Lipinski definition) is 1. The summed E-state index contributed by atoms with van der Waals surface area (Å²) in [6, 6.07) is 8.75. The molecule has 1 aliphatic rings. The normalized spacial score (nSPS) is 16.2. The minimum Gasteiger partial charge on any atom is -0.321 e. The molecule has 0 bridgehead atoms. The highest BCUT2D eigenvalue weighted by Crippen LogP contribution is 2.36. The van der Waals surface area contributed by atoms with Crippen LogP contribution in [-0.4, -0.2) is 36.1 Å². The van der Waals surface area contributed by atoms with Crippen molar-refractivity contribution in [3.63, 3.8) is 0 Å². The molecule has 0 aliphatic heterocycles. The smallest absolute Gasteiger partial charge is 0.252 e. The number of aromatic amines is 1. The van der Waals surface area contributed by atoms with Crippen molar-refractivity contribution in [2.45, 2.75) is 104 Å². The third-order valence-corrected chi connectivity index (χ3v) is 7.50. The van der Waals surface area contributed by atoms with Crippen molar-refractivity contribution in [1.29, 1.82) is 0 Å². The average molecular weight is 451 g/mol. The van der Waals surface area contributed by atoms with Gasteiger partial charge in [-0.3, -0.25) is 9.69 Å². The van der Waals surface area contributed by atoms with Crippen LogP contribution in [0.4, 0.5) is 0 Å². The van der Waals surface area contributed by atoms with Crippen molar-refractivity contribution in [3.8, 4) is 0 Å². The van der Waals surface area contributed by atoms with E-state index in [1.54, 1.807) is 0 Å².